The zero-order valence-corrected chi connectivity index (χ0v) is 10.5. The van der Waals surface area contributed by atoms with Crippen molar-refractivity contribution in [2.24, 2.45) is 0 Å². The van der Waals surface area contributed by atoms with Gasteiger partial charge in [-0.2, -0.15) is 0 Å². The predicted molar refractivity (Wildman–Crippen MR) is 61.7 cm³/mol. The summed E-state index contributed by atoms with van der Waals surface area (Å²) in [6.45, 7) is 4.97. The van der Waals surface area contributed by atoms with E-state index in [2.05, 4.69) is 5.32 Å². The molecule has 0 spiro atoms. The van der Waals surface area contributed by atoms with Crippen LogP contribution >= 0.6 is 0 Å². The molecule has 1 amide bonds. The Balaban J connectivity index is 2.69. The van der Waals surface area contributed by atoms with E-state index >= 15 is 0 Å². The van der Waals surface area contributed by atoms with Crippen LogP contribution in [0.25, 0.3) is 0 Å². The van der Waals surface area contributed by atoms with Gasteiger partial charge in [-0.1, -0.05) is 0 Å². The van der Waals surface area contributed by atoms with Gasteiger partial charge in [0.2, 0.25) is 5.91 Å². The molecule has 17 heavy (non-hydrogen) atoms. The first kappa shape index (κ1) is 13.9. The molecule has 0 aromatic rings. The number of carboxylic acid groups (broad SMARTS) is 1. The molecule has 2 N–H and O–H groups in total. The Hall–Kier alpha value is -1.14. The van der Waals surface area contributed by atoms with Crippen LogP contribution in [0.5, 0.6) is 0 Å². The normalized spacial score (nSPS) is 21.4. The first-order chi connectivity index (χ1) is 7.87. The fourth-order valence-electron chi connectivity index (χ4n) is 1.76. The molecule has 1 aliphatic heterocycles. The lowest BCUT2D eigenvalue weighted by atomic mass is 10.0. The Morgan fingerprint density at radius 3 is 2.71 bits per heavy atom. The van der Waals surface area contributed by atoms with Crippen LogP contribution in [-0.4, -0.2) is 60.3 Å². The molecule has 1 fully saturated rings. The summed E-state index contributed by atoms with van der Waals surface area (Å²) in [6.07, 6.45) is 0.188. The van der Waals surface area contributed by atoms with E-state index in [9.17, 15) is 9.59 Å². The maximum absolute atomic E-state index is 12.0. The highest BCUT2D eigenvalue weighted by molar-refractivity contribution is 5.84. The van der Waals surface area contributed by atoms with E-state index in [4.69, 9.17) is 9.84 Å². The number of aliphatic carboxylic acids is 1. The molecular weight excluding hydrogens is 224 g/mol. The summed E-state index contributed by atoms with van der Waals surface area (Å²) in [6, 6.07) is -0.774. The average Bonchev–Trinajstić information content (AvgIpc) is 2.28. The molecule has 0 saturated carbocycles. The number of methoxy groups -OCH3 is 1. The topological polar surface area (TPSA) is 78.9 Å². The van der Waals surface area contributed by atoms with Crippen LogP contribution < -0.4 is 5.32 Å². The standard InChI is InChI=1S/C11H20N2O4/c1-11(2,17-3)6-9(14)13-5-4-12-7-8(13)10(15)16/h8,12H,4-7H2,1-3H3,(H,15,16). The zero-order valence-electron chi connectivity index (χ0n) is 10.5. The van der Waals surface area contributed by atoms with E-state index in [0.717, 1.165) is 0 Å². The molecule has 0 bridgehead atoms. The minimum absolute atomic E-state index is 0.175. The van der Waals surface area contributed by atoms with Gasteiger partial charge in [0.1, 0.15) is 6.04 Å². The summed E-state index contributed by atoms with van der Waals surface area (Å²) in [7, 11) is 1.54. The van der Waals surface area contributed by atoms with Crippen molar-refractivity contribution in [3.63, 3.8) is 0 Å². The van der Waals surface area contributed by atoms with E-state index in [-0.39, 0.29) is 12.3 Å². The number of hydrogen-bond donors (Lipinski definition) is 2. The second-order valence-electron chi connectivity index (χ2n) is 4.79. The molecule has 1 saturated heterocycles. The van der Waals surface area contributed by atoms with Crippen LogP contribution in [0.15, 0.2) is 0 Å². The summed E-state index contributed by atoms with van der Waals surface area (Å²) < 4.78 is 5.18. The third kappa shape index (κ3) is 3.67. The van der Waals surface area contributed by atoms with Crippen molar-refractivity contribution in [2.75, 3.05) is 26.7 Å². The summed E-state index contributed by atoms with van der Waals surface area (Å²) in [5, 5.41) is 12.0. The van der Waals surface area contributed by atoms with E-state index in [1.807, 2.05) is 13.8 Å². The van der Waals surface area contributed by atoms with E-state index in [0.29, 0.717) is 19.6 Å². The third-order valence-corrected chi connectivity index (χ3v) is 2.98. The van der Waals surface area contributed by atoms with Crippen LogP contribution in [0.4, 0.5) is 0 Å². The molecule has 1 aliphatic rings. The van der Waals surface area contributed by atoms with Crippen molar-refractivity contribution < 1.29 is 19.4 Å². The quantitative estimate of drug-likeness (QED) is 0.709. The van der Waals surface area contributed by atoms with Gasteiger partial charge in [0.15, 0.2) is 0 Å². The molecule has 0 aromatic heterocycles. The maximum Gasteiger partial charge on any atom is 0.327 e. The highest BCUT2D eigenvalue weighted by atomic mass is 16.5. The minimum atomic E-state index is -0.972. The van der Waals surface area contributed by atoms with Gasteiger partial charge in [-0.05, 0) is 13.8 Å². The molecule has 0 radical (unpaired) electrons. The van der Waals surface area contributed by atoms with Gasteiger partial charge in [0.25, 0.3) is 0 Å². The molecule has 1 unspecified atom stereocenters. The number of amides is 1. The Bertz CT molecular complexity index is 304. The van der Waals surface area contributed by atoms with Gasteiger partial charge in [-0.15, -0.1) is 0 Å². The Labute approximate surface area is 101 Å². The summed E-state index contributed by atoms with van der Waals surface area (Å²) in [5.74, 6) is -1.15. The lowest BCUT2D eigenvalue weighted by Crippen LogP contribution is -2.57. The second kappa shape index (κ2) is 5.46. The van der Waals surface area contributed by atoms with Crippen molar-refractivity contribution in [3.05, 3.63) is 0 Å². The molecule has 1 rings (SSSR count). The van der Waals surface area contributed by atoms with Gasteiger partial charge >= 0.3 is 5.97 Å². The van der Waals surface area contributed by atoms with E-state index < -0.39 is 17.6 Å². The molecule has 0 aromatic carbocycles. The number of hydrogen-bond acceptors (Lipinski definition) is 4. The van der Waals surface area contributed by atoms with Crippen molar-refractivity contribution in [1.82, 2.24) is 10.2 Å². The number of nitrogens with one attached hydrogen (secondary N) is 1. The smallest absolute Gasteiger partial charge is 0.327 e. The Kier molecular flexibility index (Phi) is 4.47. The summed E-state index contributed by atoms with van der Waals surface area (Å²) >= 11 is 0. The average molecular weight is 244 g/mol. The van der Waals surface area contributed by atoms with Gasteiger partial charge in [0.05, 0.1) is 12.0 Å². The lowest BCUT2D eigenvalue weighted by Gasteiger charge is -2.35. The van der Waals surface area contributed by atoms with Crippen molar-refractivity contribution in [1.29, 1.82) is 0 Å². The molecule has 6 heteroatoms. The van der Waals surface area contributed by atoms with Gasteiger partial charge in [-0.25, -0.2) is 4.79 Å². The fourth-order valence-corrected chi connectivity index (χ4v) is 1.76. The zero-order chi connectivity index (χ0) is 13.1. The summed E-state index contributed by atoms with van der Waals surface area (Å²) in [5.41, 5.74) is -0.564. The number of carbonyl (C=O) groups is 2. The Morgan fingerprint density at radius 2 is 2.18 bits per heavy atom. The second-order valence-corrected chi connectivity index (χ2v) is 4.79. The van der Waals surface area contributed by atoms with Crippen LogP contribution in [0.1, 0.15) is 20.3 Å². The van der Waals surface area contributed by atoms with Gasteiger partial charge in [0, 0.05) is 26.7 Å². The summed E-state index contributed by atoms with van der Waals surface area (Å²) in [4.78, 5) is 24.5. The van der Waals surface area contributed by atoms with Crippen LogP contribution in [0.3, 0.4) is 0 Å². The lowest BCUT2D eigenvalue weighted by molar-refractivity contribution is -0.153. The minimum Gasteiger partial charge on any atom is -0.480 e. The number of nitrogens with zero attached hydrogens (tertiary/aromatic N) is 1. The van der Waals surface area contributed by atoms with Crippen LogP contribution in [0, 0.1) is 0 Å². The highest BCUT2D eigenvalue weighted by Crippen LogP contribution is 2.16. The number of piperazine rings is 1. The number of ether oxygens (including phenoxy) is 1. The number of carbonyl (C=O) groups excluding carboxylic acids is 1. The molecule has 98 valence electrons. The fraction of sp³-hybridized carbons (Fsp3) is 0.818. The molecule has 0 aliphatic carbocycles. The predicted octanol–water partition coefficient (Wildman–Crippen LogP) is -0.313. The Morgan fingerprint density at radius 1 is 1.53 bits per heavy atom. The first-order valence-electron chi connectivity index (χ1n) is 5.65. The molecule has 1 heterocycles. The molecular formula is C11H20N2O4. The van der Waals surface area contributed by atoms with Crippen molar-refractivity contribution >= 4 is 11.9 Å². The number of carboxylic acids is 1. The third-order valence-electron chi connectivity index (χ3n) is 2.98. The van der Waals surface area contributed by atoms with Crippen LogP contribution in [-0.2, 0) is 14.3 Å². The van der Waals surface area contributed by atoms with Crippen molar-refractivity contribution in [2.45, 2.75) is 31.9 Å². The molecule has 6 nitrogen and oxygen atoms in total. The SMILES string of the molecule is COC(C)(C)CC(=O)N1CCNCC1C(=O)O. The van der Waals surface area contributed by atoms with Gasteiger partial charge in [-0.3, -0.25) is 4.79 Å². The van der Waals surface area contributed by atoms with Crippen LogP contribution in [0.2, 0.25) is 0 Å². The molecule has 1 atom stereocenters. The van der Waals surface area contributed by atoms with Gasteiger partial charge < -0.3 is 20.1 Å². The monoisotopic (exact) mass is 244 g/mol. The maximum atomic E-state index is 12.0. The largest absolute Gasteiger partial charge is 0.480 e. The highest BCUT2D eigenvalue weighted by Gasteiger charge is 2.34. The number of rotatable bonds is 4. The van der Waals surface area contributed by atoms with Crippen molar-refractivity contribution in [3.8, 4) is 0 Å². The first-order valence-corrected chi connectivity index (χ1v) is 5.65. The van der Waals surface area contributed by atoms with E-state index in [1.165, 1.54) is 4.90 Å². The van der Waals surface area contributed by atoms with E-state index in [1.54, 1.807) is 7.11 Å².